The zero-order chi connectivity index (χ0) is 24.6. The molecular weight excluding hydrogens is 452 g/mol. The first kappa shape index (κ1) is 24.1. The van der Waals surface area contributed by atoms with Crippen LogP contribution >= 0.6 is 0 Å². The lowest BCUT2D eigenvalue weighted by atomic mass is 10.0. The Bertz CT molecular complexity index is 1130. The molecule has 0 saturated carbocycles. The van der Waals surface area contributed by atoms with Gasteiger partial charge in [0.2, 0.25) is 0 Å². The number of carbonyl (C=O) groups is 3. The second kappa shape index (κ2) is 11.4. The summed E-state index contributed by atoms with van der Waals surface area (Å²) in [5.74, 6) is -1.86. The van der Waals surface area contributed by atoms with Crippen LogP contribution in [-0.2, 0) is 18.9 Å². The van der Waals surface area contributed by atoms with Crippen molar-refractivity contribution < 1.29 is 38.4 Å². The van der Waals surface area contributed by atoms with Crippen LogP contribution in [-0.4, -0.2) is 54.2 Å². The monoisotopic (exact) mass is 476 g/mol. The normalized spacial score (nSPS) is 21.5. The summed E-state index contributed by atoms with van der Waals surface area (Å²) >= 11 is 0. The minimum atomic E-state index is -1.50. The lowest BCUT2D eigenvalue weighted by molar-refractivity contribution is -0.250. The van der Waals surface area contributed by atoms with Crippen LogP contribution in [0.15, 0.2) is 91.0 Å². The maximum Gasteiger partial charge on any atom is 0.338 e. The van der Waals surface area contributed by atoms with Gasteiger partial charge in [-0.05, 0) is 36.4 Å². The summed E-state index contributed by atoms with van der Waals surface area (Å²) in [5.41, 5.74) is 0.962. The van der Waals surface area contributed by atoms with E-state index in [4.69, 9.17) is 18.9 Å². The Morgan fingerprint density at radius 1 is 0.686 bits per heavy atom. The van der Waals surface area contributed by atoms with Crippen molar-refractivity contribution in [1.29, 1.82) is 0 Å². The van der Waals surface area contributed by atoms with Gasteiger partial charge >= 0.3 is 17.9 Å². The fraction of sp³-hybridized carbons (Fsp3) is 0.222. The minimum absolute atomic E-state index is 0.0497. The van der Waals surface area contributed by atoms with Crippen LogP contribution in [0.1, 0.15) is 37.5 Å². The highest BCUT2D eigenvalue weighted by Crippen LogP contribution is 2.26. The van der Waals surface area contributed by atoms with E-state index in [0.29, 0.717) is 16.7 Å². The number of aliphatic hydroxyl groups is 1. The molecule has 3 aromatic rings. The quantitative estimate of drug-likeness (QED) is 0.408. The lowest BCUT2D eigenvalue weighted by Crippen LogP contribution is -2.52. The largest absolute Gasteiger partial charge is 0.459 e. The Morgan fingerprint density at radius 3 is 1.60 bits per heavy atom. The predicted molar refractivity (Wildman–Crippen MR) is 124 cm³/mol. The van der Waals surface area contributed by atoms with Crippen molar-refractivity contribution >= 4 is 17.9 Å². The summed E-state index contributed by atoms with van der Waals surface area (Å²) in [7, 11) is 0. The first-order valence-corrected chi connectivity index (χ1v) is 11.1. The van der Waals surface area contributed by atoms with E-state index < -0.39 is 42.5 Å². The van der Waals surface area contributed by atoms with E-state index >= 15 is 0 Å². The second-order valence-electron chi connectivity index (χ2n) is 7.88. The summed E-state index contributed by atoms with van der Waals surface area (Å²) in [5, 5.41) is 10.5. The molecule has 0 spiro atoms. The molecule has 1 N–H and O–H groups in total. The van der Waals surface area contributed by atoms with Crippen molar-refractivity contribution in [1.82, 2.24) is 0 Å². The fourth-order valence-electron chi connectivity index (χ4n) is 3.60. The Morgan fingerprint density at radius 2 is 1.11 bits per heavy atom. The van der Waals surface area contributed by atoms with Crippen LogP contribution in [0.3, 0.4) is 0 Å². The molecule has 0 amide bonds. The van der Waals surface area contributed by atoms with Crippen LogP contribution in [0.2, 0.25) is 0 Å². The third kappa shape index (κ3) is 6.32. The number of hydrogen-bond donors (Lipinski definition) is 1. The number of esters is 3. The van der Waals surface area contributed by atoms with Gasteiger partial charge in [-0.15, -0.1) is 0 Å². The average molecular weight is 476 g/mol. The number of hydrogen-bond acceptors (Lipinski definition) is 8. The topological polar surface area (TPSA) is 108 Å². The van der Waals surface area contributed by atoms with Gasteiger partial charge in [-0.2, -0.15) is 0 Å². The summed E-state index contributed by atoms with van der Waals surface area (Å²) in [4.78, 5) is 37.6. The molecule has 0 bridgehead atoms. The van der Waals surface area contributed by atoms with Gasteiger partial charge in [0, 0.05) is 6.42 Å². The van der Waals surface area contributed by atoms with Gasteiger partial charge in [0.25, 0.3) is 0 Å². The zero-order valence-electron chi connectivity index (χ0n) is 18.7. The molecular formula is C27H24O8. The second-order valence-corrected chi connectivity index (χ2v) is 7.88. The van der Waals surface area contributed by atoms with Crippen molar-refractivity contribution in [3.05, 3.63) is 108 Å². The molecule has 1 aliphatic rings. The van der Waals surface area contributed by atoms with Crippen LogP contribution in [0.25, 0.3) is 0 Å². The number of aliphatic hydroxyl groups excluding tert-OH is 1. The molecule has 1 aliphatic heterocycles. The molecule has 180 valence electrons. The van der Waals surface area contributed by atoms with Crippen molar-refractivity contribution in [2.75, 3.05) is 6.61 Å². The SMILES string of the molecule is O=C(OC[C@H]1O[C@H](O)[C@H](OC(=O)c2ccccc2)C[C@@H]1OC(=O)c1ccccc1)c1ccccc1. The van der Waals surface area contributed by atoms with Gasteiger partial charge in [0.1, 0.15) is 18.8 Å². The van der Waals surface area contributed by atoms with Gasteiger partial charge < -0.3 is 24.1 Å². The Hall–Kier alpha value is -4.01. The summed E-state index contributed by atoms with van der Waals surface area (Å²) < 4.78 is 22.0. The number of benzene rings is 3. The third-order valence-electron chi connectivity index (χ3n) is 5.44. The average Bonchev–Trinajstić information content (AvgIpc) is 2.90. The van der Waals surface area contributed by atoms with Crippen molar-refractivity contribution in [3.8, 4) is 0 Å². The molecule has 4 atom stereocenters. The number of ether oxygens (including phenoxy) is 4. The minimum Gasteiger partial charge on any atom is -0.459 e. The fourth-order valence-corrected chi connectivity index (χ4v) is 3.60. The van der Waals surface area contributed by atoms with Gasteiger partial charge in [0.15, 0.2) is 12.4 Å². The van der Waals surface area contributed by atoms with Gasteiger partial charge in [-0.1, -0.05) is 54.6 Å². The van der Waals surface area contributed by atoms with E-state index in [0.717, 1.165) is 0 Å². The maximum absolute atomic E-state index is 12.7. The molecule has 0 unspecified atom stereocenters. The third-order valence-corrected chi connectivity index (χ3v) is 5.44. The van der Waals surface area contributed by atoms with E-state index in [-0.39, 0.29) is 13.0 Å². The van der Waals surface area contributed by atoms with Gasteiger partial charge in [-0.3, -0.25) is 0 Å². The van der Waals surface area contributed by atoms with E-state index in [1.165, 1.54) is 0 Å². The molecule has 1 heterocycles. The summed E-state index contributed by atoms with van der Waals surface area (Å²) in [6.45, 7) is -0.281. The van der Waals surface area contributed by atoms with Crippen LogP contribution < -0.4 is 0 Å². The Balaban J connectivity index is 1.46. The van der Waals surface area contributed by atoms with Crippen molar-refractivity contribution in [2.45, 2.75) is 31.0 Å². The smallest absolute Gasteiger partial charge is 0.338 e. The first-order chi connectivity index (χ1) is 17.0. The number of rotatable bonds is 7. The Kier molecular flexibility index (Phi) is 7.87. The molecule has 35 heavy (non-hydrogen) atoms. The van der Waals surface area contributed by atoms with Gasteiger partial charge in [0.05, 0.1) is 16.7 Å². The van der Waals surface area contributed by atoms with Crippen LogP contribution in [0.5, 0.6) is 0 Å². The highest BCUT2D eigenvalue weighted by molar-refractivity contribution is 5.90. The van der Waals surface area contributed by atoms with E-state index in [9.17, 15) is 19.5 Å². The van der Waals surface area contributed by atoms with Crippen LogP contribution in [0.4, 0.5) is 0 Å². The number of carbonyl (C=O) groups excluding carboxylic acids is 3. The van der Waals surface area contributed by atoms with Crippen LogP contribution in [0, 0.1) is 0 Å². The molecule has 8 nitrogen and oxygen atoms in total. The van der Waals surface area contributed by atoms with E-state index in [2.05, 4.69) is 0 Å². The van der Waals surface area contributed by atoms with E-state index in [1.54, 1.807) is 91.0 Å². The molecule has 0 radical (unpaired) electrons. The van der Waals surface area contributed by atoms with Crippen molar-refractivity contribution in [2.24, 2.45) is 0 Å². The molecule has 3 aromatic carbocycles. The first-order valence-electron chi connectivity index (χ1n) is 11.1. The predicted octanol–water partition coefficient (Wildman–Crippen LogP) is 3.40. The maximum atomic E-state index is 12.7. The highest BCUT2D eigenvalue weighted by atomic mass is 16.7. The molecule has 1 fully saturated rings. The molecule has 0 aliphatic carbocycles. The molecule has 0 aromatic heterocycles. The van der Waals surface area contributed by atoms with Crippen molar-refractivity contribution in [3.63, 3.8) is 0 Å². The van der Waals surface area contributed by atoms with E-state index in [1.807, 2.05) is 0 Å². The Labute approximate surface area is 202 Å². The molecule has 4 rings (SSSR count). The molecule has 8 heteroatoms. The zero-order valence-corrected chi connectivity index (χ0v) is 18.7. The summed E-state index contributed by atoms with van der Waals surface area (Å²) in [6.07, 6.45) is -4.58. The standard InChI is InChI=1S/C27H24O8/c28-24(18-10-4-1-5-11-18)32-17-23-21(33-25(29)19-12-6-2-7-13-19)16-22(27(31)35-23)34-26(30)20-14-8-3-9-15-20/h1-15,21-23,27,31H,16-17H2/t21-,22+,23+,27-/m0/s1. The highest BCUT2D eigenvalue weighted by Gasteiger charge is 2.42. The summed E-state index contributed by atoms with van der Waals surface area (Å²) in [6, 6.07) is 25.0. The lowest BCUT2D eigenvalue weighted by Gasteiger charge is -2.38. The van der Waals surface area contributed by atoms with Gasteiger partial charge in [-0.25, -0.2) is 14.4 Å². The molecule has 1 saturated heterocycles.